The molecule has 0 atom stereocenters. The first kappa shape index (κ1) is 35.0. The number of nitrogens with one attached hydrogen (secondary N) is 1. The number of hydrogen-bond donors (Lipinski definition) is 1. The van der Waals surface area contributed by atoms with Crippen LogP contribution in [0.4, 0.5) is 4.79 Å². The van der Waals surface area contributed by atoms with Crippen LogP contribution in [-0.4, -0.2) is 125 Å². The summed E-state index contributed by atoms with van der Waals surface area (Å²) in [6.45, 7) is 15.0. The van der Waals surface area contributed by atoms with Gasteiger partial charge in [0.1, 0.15) is 6.61 Å². The molecule has 0 aromatic rings. The van der Waals surface area contributed by atoms with Crippen molar-refractivity contribution in [2.75, 3.05) is 119 Å². The maximum absolute atomic E-state index is 11.5. The Labute approximate surface area is 217 Å². The molecule has 0 saturated carbocycles. The van der Waals surface area contributed by atoms with Crippen molar-refractivity contribution in [3.8, 4) is 0 Å². The highest BCUT2D eigenvalue weighted by molar-refractivity contribution is 5.66. The van der Waals surface area contributed by atoms with Crippen LogP contribution < -0.4 is 5.32 Å². The fourth-order valence-corrected chi connectivity index (χ4v) is 2.62. The first-order valence-electron chi connectivity index (χ1n) is 12.9. The third-order valence-electron chi connectivity index (χ3n) is 4.50. The predicted octanol–water partition coefficient (Wildman–Crippen LogP) is 2.30. The van der Waals surface area contributed by atoms with E-state index in [0.717, 1.165) is 12.8 Å². The summed E-state index contributed by atoms with van der Waals surface area (Å²) >= 11 is 0. The highest BCUT2D eigenvalue weighted by Crippen LogP contribution is 2.19. The van der Waals surface area contributed by atoms with Gasteiger partial charge in [-0.2, -0.15) is 0 Å². The van der Waals surface area contributed by atoms with Crippen LogP contribution in [-0.2, 0) is 42.6 Å². The molecule has 1 N–H and O–H groups in total. The maximum Gasteiger partial charge on any atom is 0.407 e. The Hall–Kier alpha value is -1.05. The minimum Gasteiger partial charge on any atom is -0.447 e. The molecule has 1 amide bonds. The number of alkyl carbamates (subject to hydrolysis) is 1. The molecule has 0 aromatic heterocycles. The van der Waals surface area contributed by atoms with Crippen LogP contribution in [0.3, 0.4) is 0 Å². The van der Waals surface area contributed by atoms with Crippen molar-refractivity contribution in [2.24, 2.45) is 5.41 Å². The van der Waals surface area contributed by atoms with Crippen LogP contribution in [0.25, 0.3) is 0 Å². The summed E-state index contributed by atoms with van der Waals surface area (Å²) < 4.78 is 47.7. The molecule has 0 radical (unpaired) electrons. The average molecular weight is 526 g/mol. The van der Waals surface area contributed by atoms with Gasteiger partial charge in [-0.3, -0.25) is 0 Å². The molecule has 0 saturated heterocycles. The van der Waals surface area contributed by atoms with Crippen molar-refractivity contribution in [3.05, 3.63) is 0 Å². The summed E-state index contributed by atoms with van der Waals surface area (Å²) in [4.78, 5) is 11.5. The van der Waals surface area contributed by atoms with Crippen molar-refractivity contribution in [1.82, 2.24) is 5.32 Å². The van der Waals surface area contributed by atoms with Crippen molar-refractivity contribution in [1.29, 1.82) is 0 Å². The van der Waals surface area contributed by atoms with E-state index in [1.54, 1.807) is 7.11 Å². The van der Waals surface area contributed by atoms with E-state index in [1.807, 2.05) is 0 Å². The van der Waals surface area contributed by atoms with E-state index in [2.05, 4.69) is 26.1 Å². The van der Waals surface area contributed by atoms with Crippen LogP contribution >= 0.6 is 0 Å². The zero-order chi connectivity index (χ0) is 26.6. The van der Waals surface area contributed by atoms with Gasteiger partial charge in [-0.1, -0.05) is 20.8 Å². The fraction of sp³-hybridized carbons (Fsp3) is 0.960. The van der Waals surface area contributed by atoms with E-state index in [9.17, 15) is 4.79 Å². The second kappa shape index (κ2) is 27.0. The van der Waals surface area contributed by atoms with Gasteiger partial charge in [-0.05, 0) is 18.3 Å². The summed E-state index contributed by atoms with van der Waals surface area (Å²) in [6.07, 6.45) is 1.58. The summed E-state index contributed by atoms with van der Waals surface area (Å²) in [5, 5.41) is 2.74. The minimum atomic E-state index is -0.404. The Morgan fingerprint density at radius 2 is 0.889 bits per heavy atom. The third kappa shape index (κ3) is 31.0. The highest BCUT2D eigenvalue weighted by atomic mass is 16.6. The second-order valence-corrected chi connectivity index (χ2v) is 9.01. The van der Waals surface area contributed by atoms with Gasteiger partial charge < -0.3 is 47.9 Å². The van der Waals surface area contributed by atoms with Gasteiger partial charge in [0.05, 0.1) is 99.1 Å². The fourth-order valence-electron chi connectivity index (χ4n) is 2.62. The number of hydrogen-bond acceptors (Lipinski definition) is 10. The van der Waals surface area contributed by atoms with Crippen LogP contribution in [0, 0.1) is 5.41 Å². The first-order valence-corrected chi connectivity index (χ1v) is 12.9. The molecule has 0 aromatic carbocycles. The zero-order valence-electron chi connectivity index (χ0n) is 23.0. The van der Waals surface area contributed by atoms with Crippen molar-refractivity contribution in [2.45, 2.75) is 33.6 Å². The standard InChI is InChI=1S/C25H51NO10/c1-25(2,3)6-5-7-26-24(27)36-23-22-35-21-20-34-19-18-33-17-16-32-15-14-31-13-12-30-11-10-29-9-8-28-4/h5-23H2,1-4H3,(H,26,27). The Morgan fingerprint density at radius 1 is 0.556 bits per heavy atom. The lowest BCUT2D eigenvalue weighted by molar-refractivity contribution is -0.0231. The molecule has 0 aliphatic carbocycles. The van der Waals surface area contributed by atoms with Gasteiger partial charge in [0.15, 0.2) is 0 Å². The number of carbonyl (C=O) groups excluding carboxylic acids is 1. The molecule has 0 heterocycles. The largest absolute Gasteiger partial charge is 0.447 e. The monoisotopic (exact) mass is 525 g/mol. The van der Waals surface area contributed by atoms with E-state index in [1.165, 1.54) is 0 Å². The Bertz CT molecular complexity index is 463. The zero-order valence-corrected chi connectivity index (χ0v) is 23.0. The topological polar surface area (TPSA) is 112 Å². The van der Waals surface area contributed by atoms with E-state index >= 15 is 0 Å². The molecule has 216 valence electrons. The molecular formula is C25H51NO10. The van der Waals surface area contributed by atoms with Gasteiger partial charge in [0.2, 0.25) is 0 Å². The van der Waals surface area contributed by atoms with E-state index in [-0.39, 0.29) is 12.0 Å². The molecule has 0 aliphatic rings. The predicted molar refractivity (Wildman–Crippen MR) is 136 cm³/mol. The molecule has 11 nitrogen and oxygen atoms in total. The Kier molecular flexibility index (Phi) is 26.2. The molecule has 0 bridgehead atoms. The van der Waals surface area contributed by atoms with Crippen LogP contribution in [0.5, 0.6) is 0 Å². The minimum absolute atomic E-state index is 0.220. The lowest BCUT2D eigenvalue weighted by Gasteiger charge is -2.17. The number of amides is 1. The number of ether oxygens (including phenoxy) is 9. The Balaban J connectivity index is 3.12. The molecule has 36 heavy (non-hydrogen) atoms. The van der Waals surface area contributed by atoms with Gasteiger partial charge in [0, 0.05) is 13.7 Å². The number of carbonyl (C=O) groups is 1. The van der Waals surface area contributed by atoms with Crippen LogP contribution in [0.15, 0.2) is 0 Å². The van der Waals surface area contributed by atoms with Crippen molar-refractivity contribution in [3.63, 3.8) is 0 Å². The first-order chi connectivity index (χ1) is 17.5. The number of methoxy groups -OCH3 is 1. The molecule has 0 aliphatic heterocycles. The van der Waals surface area contributed by atoms with Crippen LogP contribution in [0.1, 0.15) is 33.6 Å². The van der Waals surface area contributed by atoms with E-state index < -0.39 is 6.09 Å². The van der Waals surface area contributed by atoms with E-state index in [0.29, 0.717) is 106 Å². The smallest absolute Gasteiger partial charge is 0.407 e. The van der Waals surface area contributed by atoms with Crippen LogP contribution in [0.2, 0.25) is 0 Å². The quantitative estimate of drug-likeness (QED) is 0.160. The van der Waals surface area contributed by atoms with Crippen molar-refractivity contribution >= 4 is 6.09 Å². The maximum atomic E-state index is 11.5. The average Bonchev–Trinajstić information content (AvgIpc) is 2.84. The second-order valence-electron chi connectivity index (χ2n) is 9.01. The Morgan fingerprint density at radius 3 is 1.22 bits per heavy atom. The lowest BCUT2D eigenvalue weighted by atomic mass is 9.91. The molecule has 0 spiro atoms. The SMILES string of the molecule is COCCOCCOCCOCCOCCOCCOCCOCCOC(=O)NCCCC(C)(C)C. The molecule has 0 unspecified atom stereocenters. The third-order valence-corrected chi connectivity index (χ3v) is 4.50. The molecule has 0 fully saturated rings. The summed E-state index contributed by atoms with van der Waals surface area (Å²) in [5.74, 6) is 0. The summed E-state index contributed by atoms with van der Waals surface area (Å²) in [7, 11) is 1.64. The van der Waals surface area contributed by atoms with Gasteiger partial charge in [-0.15, -0.1) is 0 Å². The number of rotatable bonds is 27. The van der Waals surface area contributed by atoms with Crippen molar-refractivity contribution < 1.29 is 47.4 Å². The summed E-state index contributed by atoms with van der Waals surface area (Å²) in [5.41, 5.74) is 0.274. The lowest BCUT2D eigenvalue weighted by Crippen LogP contribution is -2.27. The molecular weight excluding hydrogens is 474 g/mol. The molecule has 0 rings (SSSR count). The van der Waals surface area contributed by atoms with E-state index in [4.69, 9.17) is 42.6 Å². The van der Waals surface area contributed by atoms with Gasteiger partial charge in [-0.25, -0.2) is 4.79 Å². The summed E-state index contributed by atoms with van der Waals surface area (Å²) in [6, 6.07) is 0. The molecule has 11 heteroatoms. The highest BCUT2D eigenvalue weighted by Gasteiger charge is 2.09. The normalized spacial score (nSPS) is 11.7. The van der Waals surface area contributed by atoms with Gasteiger partial charge >= 0.3 is 6.09 Å². The van der Waals surface area contributed by atoms with Gasteiger partial charge in [0.25, 0.3) is 0 Å².